The summed E-state index contributed by atoms with van der Waals surface area (Å²) in [5.41, 5.74) is 0.861. The van der Waals surface area contributed by atoms with Gasteiger partial charge >= 0.3 is 5.97 Å². The fourth-order valence-corrected chi connectivity index (χ4v) is 3.17. The molecule has 0 unspecified atom stereocenters. The standard InChI is InChI=1S/C22H24N4O7/c27-20(15-32-19-4-2-1-3-5-19)23-14-22(29)33-16-21(28)25-12-10-24(11-13-25)17-6-8-18(9-7-17)26(30)31/h1-9H,10-16H2,(H,23,27). The average molecular weight is 456 g/mol. The van der Waals surface area contributed by atoms with Gasteiger partial charge in [0.05, 0.1) is 4.92 Å². The van der Waals surface area contributed by atoms with E-state index in [1.807, 2.05) is 11.0 Å². The van der Waals surface area contributed by atoms with Crippen molar-refractivity contribution in [2.45, 2.75) is 0 Å². The number of carbonyl (C=O) groups is 3. The van der Waals surface area contributed by atoms with E-state index in [1.165, 1.54) is 12.1 Å². The van der Waals surface area contributed by atoms with Crippen LogP contribution in [0.1, 0.15) is 0 Å². The molecule has 0 aliphatic carbocycles. The van der Waals surface area contributed by atoms with E-state index in [9.17, 15) is 24.5 Å². The molecular weight excluding hydrogens is 432 g/mol. The van der Waals surface area contributed by atoms with Crippen LogP contribution in [0.4, 0.5) is 11.4 Å². The predicted molar refractivity (Wildman–Crippen MR) is 118 cm³/mol. The molecule has 1 heterocycles. The van der Waals surface area contributed by atoms with E-state index in [4.69, 9.17) is 9.47 Å². The summed E-state index contributed by atoms with van der Waals surface area (Å²) in [7, 11) is 0. The quantitative estimate of drug-likeness (QED) is 0.336. The lowest BCUT2D eigenvalue weighted by atomic mass is 10.2. The number of benzene rings is 2. The zero-order valence-electron chi connectivity index (χ0n) is 17.8. The van der Waals surface area contributed by atoms with Gasteiger partial charge in [0, 0.05) is 44.0 Å². The highest BCUT2D eigenvalue weighted by atomic mass is 16.6. The van der Waals surface area contributed by atoms with Gasteiger partial charge < -0.3 is 24.6 Å². The third-order valence-electron chi connectivity index (χ3n) is 4.96. The molecule has 1 N–H and O–H groups in total. The summed E-state index contributed by atoms with van der Waals surface area (Å²) in [6.45, 7) is 0.950. The molecule has 1 aliphatic rings. The zero-order chi connectivity index (χ0) is 23.6. The lowest BCUT2D eigenvalue weighted by Crippen LogP contribution is -2.50. The van der Waals surface area contributed by atoms with Gasteiger partial charge in [-0.2, -0.15) is 0 Å². The van der Waals surface area contributed by atoms with Crippen molar-refractivity contribution in [1.29, 1.82) is 0 Å². The Bertz CT molecular complexity index is 974. The van der Waals surface area contributed by atoms with Crippen molar-refractivity contribution < 1.29 is 28.8 Å². The molecule has 1 fully saturated rings. The van der Waals surface area contributed by atoms with Crippen LogP contribution >= 0.6 is 0 Å². The Balaban J connectivity index is 1.32. The van der Waals surface area contributed by atoms with Crippen LogP contribution in [0.5, 0.6) is 5.75 Å². The summed E-state index contributed by atoms with van der Waals surface area (Å²) < 4.78 is 10.2. The van der Waals surface area contributed by atoms with Gasteiger partial charge in [0.15, 0.2) is 13.2 Å². The Labute approximate surface area is 190 Å². The van der Waals surface area contributed by atoms with Crippen LogP contribution in [0.25, 0.3) is 0 Å². The van der Waals surface area contributed by atoms with Crippen molar-refractivity contribution >= 4 is 29.2 Å². The second-order valence-corrected chi connectivity index (χ2v) is 7.18. The molecule has 0 spiro atoms. The molecule has 2 aromatic rings. The number of ether oxygens (including phenoxy) is 2. The molecule has 11 heteroatoms. The summed E-state index contributed by atoms with van der Waals surface area (Å²) in [5, 5.41) is 13.1. The highest BCUT2D eigenvalue weighted by Gasteiger charge is 2.22. The van der Waals surface area contributed by atoms with Crippen molar-refractivity contribution in [3.8, 4) is 5.75 Å². The number of anilines is 1. The minimum atomic E-state index is -0.721. The van der Waals surface area contributed by atoms with Crippen LogP contribution in [0.15, 0.2) is 54.6 Å². The molecule has 0 saturated carbocycles. The van der Waals surface area contributed by atoms with Crippen LogP contribution in [-0.2, 0) is 19.1 Å². The van der Waals surface area contributed by atoms with Crippen molar-refractivity contribution in [2.24, 2.45) is 0 Å². The maximum Gasteiger partial charge on any atom is 0.325 e. The number of nitrogens with zero attached hydrogens (tertiary/aromatic N) is 3. The molecule has 11 nitrogen and oxygen atoms in total. The number of piperazine rings is 1. The van der Waals surface area contributed by atoms with Crippen LogP contribution < -0.4 is 15.0 Å². The first-order chi connectivity index (χ1) is 15.9. The van der Waals surface area contributed by atoms with E-state index in [0.29, 0.717) is 31.9 Å². The normalized spacial score (nSPS) is 13.2. The first-order valence-corrected chi connectivity index (χ1v) is 10.3. The summed E-state index contributed by atoms with van der Waals surface area (Å²) >= 11 is 0. The van der Waals surface area contributed by atoms with E-state index in [0.717, 1.165) is 5.69 Å². The highest BCUT2D eigenvalue weighted by molar-refractivity contribution is 5.85. The second kappa shape index (κ2) is 11.5. The van der Waals surface area contributed by atoms with Gasteiger partial charge in [-0.1, -0.05) is 18.2 Å². The number of hydrogen-bond acceptors (Lipinski definition) is 8. The lowest BCUT2D eigenvalue weighted by molar-refractivity contribution is -0.384. The van der Waals surface area contributed by atoms with Gasteiger partial charge in [-0.15, -0.1) is 0 Å². The predicted octanol–water partition coefficient (Wildman–Crippen LogP) is 0.982. The minimum Gasteiger partial charge on any atom is -0.484 e. The molecule has 0 bridgehead atoms. The minimum absolute atomic E-state index is 0.0225. The Morgan fingerprint density at radius 3 is 2.24 bits per heavy atom. The second-order valence-electron chi connectivity index (χ2n) is 7.18. The molecule has 2 amide bonds. The number of para-hydroxylation sites is 1. The Morgan fingerprint density at radius 2 is 1.61 bits per heavy atom. The Kier molecular flexibility index (Phi) is 8.17. The first-order valence-electron chi connectivity index (χ1n) is 10.3. The van der Waals surface area contributed by atoms with Crippen LogP contribution in [0, 0.1) is 10.1 Å². The molecule has 174 valence electrons. The smallest absolute Gasteiger partial charge is 0.325 e. The van der Waals surface area contributed by atoms with E-state index in [-0.39, 0.29) is 24.7 Å². The van der Waals surface area contributed by atoms with Gasteiger partial charge in [0.1, 0.15) is 12.3 Å². The summed E-state index contributed by atoms with van der Waals surface area (Å²) in [6, 6.07) is 15.0. The molecule has 0 aromatic heterocycles. The number of carbonyl (C=O) groups excluding carboxylic acids is 3. The van der Waals surface area contributed by atoms with Crippen LogP contribution in [-0.4, -0.2) is 73.5 Å². The molecule has 0 radical (unpaired) electrons. The van der Waals surface area contributed by atoms with E-state index in [2.05, 4.69) is 5.32 Å². The molecular formula is C22H24N4O7. The van der Waals surface area contributed by atoms with E-state index in [1.54, 1.807) is 41.3 Å². The van der Waals surface area contributed by atoms with Crippen LogP contribution in [0.2, 0.25) is 0 Å². The number of hydrogen-bond donors (Lipinski definition) is 1. The van der Waals surface area contributed by atoms with Crippen molar-refractivity contribution in [2.75, 3.05) is 50.8 Å². The monoisotopic (exact) mass is 456 g/mol. The SMILES string of the molecule is O=C(COc1ccccc1)NCC(=O)OCC(=O)N1CCN(c2ccc([N+](=O)[O-])cc2)CC1. The summed E-state index contributed by atoms with van der Waals surface area (Å²) in [6.07, 6.45) is 0. The van der Waals surface area contributed by atoms with Gasteiger partial charge in [0.25, 0.3) is 17.5 Å². The molecule has 1 aliphatic heterocycles. The molecule has 1 saturated heterocycles. The molecule has 3 rings (SSSR count). The fourth-order valence-electron chi connectivity index (χ4n) is 3.17. The third kappa shape index (κ3) is 7.20. The maximum atomic E-state index is 12.3. The number of nitro groups is 1. The average Bonchev–Trinajstić information content (AvgIpc) is 2.85. The van der Waals surface area contributed by atoms with Crippen molar-refractivity contribution in [3.63, 3.8) is 0 Å². The Morgan fingerprint density at radius 1 is 0.939 bits per heavy atom. The fraction of sp³-hybridized carbons (Fsp3) is 0.318. The molecule has 2 aromatic carbocycles. The topological polar surface area (TPSA) is 131 Å². The molecule has 0 atom stereocenters. The van der Waals surface area contributed by atoms with E-state index >= 15 is 0 Å². The number of non-ortho nitro benzene ring substituents is 1. The van der Waals surface area contributed by atoms with Gasteiger partial charge in [-0.25, -0.2) is 0 Å². The van der Waals surface area contributed by atoms with E-state index < -0.39 is 23.4 Å². The van der Waals surface area contributed by atoms with Crippen molar-refractivity contribution in [3.05, 3.63) is 64.7 Å². The largest absolute Gasteiger partial charge is 0.484 e. The summed E-state index contributed by atoms with van der Waals surface area (Å²) in [5.74, 6) is -0.995. The van der Waals surface area contributed by atoms with Gasteiger partial charge in [-0.3, -0.25) is 24.5 Å². The third-order valence-corrected chi connectivity index (χ3v) is 4.96. The van der Waals surface area contributed by atoms with Crippen LogP contribution in [0.3, 0.4) is 0 Å². The number of nitro benzene ring substituents is 1. The number of rotatable bonds is 9. The van der Waals surface area contributed by atoms with Gasteiger partial charge in [-0.05, 0) is 24.3 Å². The summed E-state index contributed by atoms with van der Waals surface area (Å²) in [4.78, 5) is 49.8. The number of nitrogens with one attached hydrogen (secondary N) is 1. The first kappa shape index (κ1) is 23.5. The van der Waals surface area contributed by atoms with Crippen molar-refractivity contribution in [1.82, 2.24) is 10.2 Å². The number of amides is 2. The lowest BCUT2D eigenvalue weighted by Gasteiger charge is -2.36. The maximum absolute atomic E-state index is 12.3. The Hall–Kier alpha value is -4.15. The van der Waals surface area contributed by atoms with Gasteiger partial charge in [0.2, 0.25) is 0 Å². The highest BCUT2D eigenvalue weighted by Crippen LogP contribution is 2.20. The zero-order valence-corrected chi connectivity index (χ0v) is 17.8. The molecule has 33 heavy (non-hydrogen) atoms. The number of esters is 1.